The molecule has 0 unspecified atom stereocenters. The first-order valence-corrected chi connectivity index (χ1v) is 5.82. The molecule has 0 aliphatic rings. The fourth-order valence-electron chi connectivity index (χ4n) is 1.64. The molecule has 3 nitrogen and oxygen atoms in total. The minimum absolute atomic E-state index is 0.340. The summed E-state index contributed by atoms with van der Waals surface area (Å²) >= 11 is 0. The Hall–Kier alpha value is -2.10. The SMILES string of the molecule is Nc1ccc(F)cc1OCCCc1ccncc1. The van der Waals surface area contributed by atoms with Crippen LogP contribution in [-0.2, 0) is 6.42 Å². The molecule has 0 saturated carbocycles. The van der Waals surface area contributed by atoms with Crippen molar-refractivity contribution in [2.45, 2.75) is 12.8 Å². The predicted octanol–water partition coefficient (Wildman–Crippen LogP) is 2.81. The van der Waals surface area contributed by atoms with Gasteiger partial charge in [-0.25, -0.2) is 4.39 Å². The highest BCUT2D eigenvalue weighted by Gasteiger charge is 2.02. The van der Waals surface area contributed by atoms with Gasteiger partial charge in [0, 0.05) is 18.5 Å². The molecule has 2 rings (SSSR count). The maximum Gasteiger partial charge on any atom is 0.145 e. The summed E-state index contributed by atoms with van der Waals surface area (Å²) in [5.74, 6) is 0.0677. The summed E-state index contributed by atoms with van der Waals surface area (Å²) in [4.78, 5) is 3.95. The van der Waals surface area contributed by atoms with Gasteiger partial charge in [-0.2, -0.15) is 0 Å². The van der Waals surface area contributed by atoms with Gasteiger partial charge in [0.1, 0.15) is 11.6 Å². The Morgan fingerprint density at radius 1 is 1.17 bits per heavy atom. The van der Waals surface area contributed by atoms with Crippen LogP contribution >= 0.6 is 0 Å². The molecule has 0 bridgehead atoms. The number of nitrogen functional groups attached to an aromatic ring is 1. The molecule has 0 radical (unpaired) electrons. The van der Waals surface area contributed by atoms with E-state index in [1.54, 1.807) is 12.4 Å². The summed E-state index contributed by atoms with van der Waals surface area (Å²) in [5, 5.41) is 0. The van der Waals surface area contributed by atoms with Crippen molar-refractivity contribution >= 4 is 5.69 Å². The zero-order valence-electron chi connectivity index (χ0n) is 9.97. The number of aryl methyl sites for hydroxylation is 1. The molecule has 4 heteroatoms. The van der Waals surface area contributed by atoms with E-state index in [9.17, 15) is 4.39 Å². The van der Waals surface area contributed by atoms with E-state index in [2.05, 4.69) is 4.98 Å². The molecule has 0 saturated heterocycles. The number of hydrogen-bond acceptors (Lipinski definition) is 3. The van der Waals surface area contributed by atoms with E-state index in [1.165, 1.54) is 23.8 Å². The van der Waals surface area contributed by atoms with E-state index in [1.807, 2.05) is 12.1 Å². The Morgan fingerprint density at radius 3 is 2.72 bits per heavy atom. The number of rotatable bonds is 5. The van der Waals surface area contributed by atoms with Crippen molar-refractivity contribution in [1.82, 2.24) is 4.98 Å². The van der Waals surface area contributed by atoms with Gasteiger partial charge >= 0.3 is 0 Å². The van der Waals surface area contributed by atoms with E-state index in [0.717, 1.165) is 12.8 Å². The van der Waals surface area contributed by atoms with Gasteiger partial charge in [0.2, 0.25) is 0 Å². The first kappa shape index (κ1) is 12.4. The second-order valence-electron chi connectivity index (χ2n) is 3.99. The van der Waals surface area contributed by atoms with Gasteiger partial charge in [0.05, 0.1) is 12.3 Å². The number of aromatic nitrogens is 1. The van der Waals surface area contributed by atoms with E-state index in [4.69, 9.17) is 10.5 Å². The number of halogens is 1. The highest BCUT2D eigenvalue weighted by molar-refractivity contribution is 5.52. The lowest BCUT2D eigenvalue weighted by Gasteiger charge is -2.08. The van der Waals surface area contributed by atoms with Crippen molar-refractivity contribution in [2.24, 2.45) is 0 Å². The molecular weight excluding hydrogens is 231 g/mol. The van der Waals surface area contributed by atoms with Crippen molar-refractivity contribution in [3.8, 4) is 5.75 Å². The van der Waals surface area contributed by atoms with Gasteiger partial charge in [0.15, 0.2) is 0 Å². The van der Waals surface area contributed by atoms with Crippen molar-refractivity contribution < 1.29 is 9.13 Å². The van der Waals surface area contributed by atoms with Gasteiger partial charge in [-0.05, 0) is 42.7 Å². The van der Waals surface area contributed by atoms with Gasteiger partial charge in [-0.3, -0.25) is 4.98 Å². The van der Waals surface area contributed by atoms with Gasteiger partial charge in [-0.15, -0.1) is 0 Å². The van der Waals surface area contributed by atoms with Crippen molar-refractivity contribution in [3.63, 3.8) is 0 Å². The highest BCUT2D eigenvalue weighted by atomic mass is 19.1. The normalized spacial score (nSPS) is 10.3. The maximum absolute atomic E-state index is 13.0. The topological polar surface area (TPSA) is 48.1 Å². The van der Waals surface area contributed by atoms with Crippen LogP contribution < -0.4 is 10.5 Å². The molecule has 2 N–H and O–H groups in total. The molecule has 18 heavy (non-hydrogen) atoms. The smallest absolute Gasteiger partial charge is 0.145 e. The van der Waals surface area contributed by atoms with Gasteiger partial charge in [-0.1, -0.05) is 0 Å². The summed E-state index contributed by atoms with van der Waals surface area (Å²) in [6.45, 7) is 0.510. The van der Waals surface area contributed by atoms with Gasteiger partial charge < -0.3 is 10.5 Å². The number of nitrogens with two attached hydrogens (primary N) is 1. The lowest BCUT2D eigenvalue weighted by Crippen LogP contribution is -2.02. The molecule has 1 heterocycles. The van der Waals surface area contributed by atoms with E-state index in [0.29, 0.717) is 18.0 Å². The largest absolute Gasteiger partial charge is 0.491 e. The summed E-state index contributed by atoms with van der Waals surface area (Å²) in [7, 11) is 0. The minimum Gasteiger partial charge on any atom is -0.491 e. The van der Waals surface area contributed by atoms with Crippen LogP contribution in [0.15, 0.2) is 42.7 Å². The standard InChI is InChI=1S/C14H15FN2O/c15-12-3-4-13(16)14(10-12)18-9-1-2-11-5-7-17-8-6-11/h3-8,10H,1-2,9,16H2. The zero-order valence-corrected chi connectivity index (χ0v) is 9.97. The molecule has 0 amide bonds. The lowest BCUT2D eigenvalue weighted by molar-refractivity contribution is 0.311. The Bertz CT molecular complexity index is 502. The highest BCUT2D eigenvalue weighted by Crippen LogP contribution is 2.22. The van der Waals surface area contributed by atoms with Crippen LogP contribution in [0.2, 0.25) is 0 Å². The van der Waals surface area contributed by atoms with E-state index < -0.39 is 0 Å². The molecule has 0 atom stereocenters. The Morgan fingerprint density at radius 2 is 1.94 bits per heavy atom. The van der Waals surface area contributed by atoms with E-state index in [-0.39, 0.29) is 5.82 Å². The third-order valence-corrected chi connectivity index (χ3v) is 2.59. The molecule has 0 aliphatic carbocycles. The Balaban J connectivity index is 1.80. The van der Waals surface area contributed by atoms with Gasteiger partial charge in [0.25, 0.3) is 0 Å². The van der Waals surface area contributed by atoms with Crippen LogP contribution in [0.25, 0.3) is 0 Å². The fourth-order valence-corrected chi connectivity index (χ4v) is 1.64. The molecule has 0 spiro atoms. The molecule has 94 valence electrons. The minimum atomic E-state index is -0.340. The molecule has 1 aromatic carbocycles. The van der Waals surface area contributed by atoms with Crippen LogP contribution in [0.4, 0.5) is 10.1 Å². The van der Waals surface area contributed by atoms with Crippen LogP contribution in [0.5, 0.6) is 5.75 Å². The average molecular weight is 246 g/mol. The second-order valence-corrected chi connectivity index (χ2v) is 3.99. The Kier molecular flexibility index (Phi) is 4.12. The number of pyridine rings is 1. The van der Waals surface area contributed by atoms with Crippen molar-refractivity contribution in [3.05, 3.63) is 54.1 Å². The molecular formula is C14H15FN2O. The molecule has 2 aromatic rings. The summed E-state index contributed by atoms with van der Waals surface area (Å²) < 4.78 is 18.4. The second kappa shape index (κ2) is 6.00. The summed E-state index contributed by atoms with van der Waals surface area (Å²) in [5.41, 5.74) is 7.35. The summed E-state index contributed by atoms with van der Waals surface area (Å²) in [6, 6.07) is 8.07. The average Bonchev–Trinajstić information content (AvgIpc) is 2.40. The zero-order chi connectivity index (χ0) is 12.8. The van der Waals surface area contributed by atoms with Crippen molar-refractivity contribution in [2.75, 3.05) is 12.3 Å². The van der Waals surface area contributed by atoms with Crippen LogP contribution in [-0.4, -0.2) is 11.6 Å². The molecule has 1 aromatic heterocycles. The third kappa shape index (κ3) is 3.45. The third-order valence-electron chi connectivity index (χ3n) is 2.59. The number of anilines is 1. The molecule has 0 fully saturated rings. The quantitative estimate of drug-likeness (QED) is 0.652. The van der Waals surface area contributed by atoms with Crippen LogP contribution in [0.3, 0.4) is 0 Å². The van der Waals surface area contributed by atoms with E-state index >= 15 is 0 Å². The predicted molar refractivity (Wildman–Crippen MR) is 68.9 cm³/mol. The number of benzene rings is 1. The monoisotopic (exact) mass is 246 g/mol. The van der Waals surface area contributed by atoms with Crippen molar-refractivity contribution in [1.29, 1.82) is 0 Å². The maximum atomic E-state index is 13.0. The molecule has 0 aliphatic heterocycles. The number of nitrogens with zero attached hydrogens (tertiary/aromatic N) is 1. The number of hydrogen-bond donors (Lipinski definition) is 1. The first-order chi connectivity index (χ1) is 8.75. The lowest BCUT2D eigenvalue weighted by atomic mass is 10.1. The fraction of sp³-hybridized carbons (Fsp3) is 0.214. The van der Waals surface area contributed by atoms with Crippen LogP contribution in [0, 0.1) is 5.82 Å². The van der Waals surface area contributed by atoms with Crippen LogP contribution in [0.1, 0.15) is 12.0 Å². The first-order valence-electron chi connectivity index (χ1n) is 5.82. The Labute approximate surface area is 105 Å². The number of ether oxygens (including phenoxy) is 1. The summed E-state index contributed by atoms with van der Waals surface area (Å²) in [6.07, 6.45) is 5.28.